The molecule has 162 valence electrons. The van der Waals surface area contributed by atoms with Crippen LogP contribution in [-0.4, -0.2) is 39.3 Å². The number of aromatic nitrogens is 2. The predicted molar refractivity (Wildman–Crippen MR) is 117 cm³/mol. The van der Waals surface area contributed by atoms with Crippen molar-refractivity contribution in [1.29, 1.82) is 0 Å². The van der Waals surface area contributed by atoms with Crippen LogP contribution < -0.4 is 20.7 Å². The Morgan fingerprint density at radius 1 is 1.13 bits per heavy atom. The molecule has 0 spiro atoms. The number of hydrogen-bond acceptors (Lipinski definition) is 6. The molecule has 1 unspecified atom stereocenters. The van der Waals surface area contributed by atoms with Crippen molar-refractivity contribution in [3.8, 4) is 11.5 Å². The smallest absolute Gasteiger partial charge is 0.332 e. The van der Waals surface area contributed by atoms with Crippen molar-refractivity contribution in [3.63, 3.8) is 0 Å². The van der Waals surface area contributed by atoms with Gasteiger partial charge in [0.05, 0.1) is 12.1 Å². The van der Waals surface area contributed by atoms with Crippen molar-refractivity contribution < 1.29 is 14.3 Å². The average Bonchev–Trinajstić information content (AvgIpc) is 3.43. The van der Waals surface area contributed by atoms with Crippen molar-refractivity contribution >= 4 is 27.5 Å². The Balaban J connectivity index is 1.53. The lowest BCUT2D eigenvalue weighted by molar-refractivity contribution is -0.135. The average molecular weight is 442 g/mol. The molecule has 0 saturated carbocycles. The maximum Gasteiger partial charge on any atom is 0.332 e. The standard InChI is InChI=1S/C22H23N3O5S/c1-14-4-2-3-8-23(14)19(26)12-24-16-7-9-31-20(16)21(27)25(22(24)28)11-15-5-6-17-18(10-15)30-13-29-17/h5-7,9-10,14H,2-4,8,11-13H2,1H3. The fourth-order valence-electron chi connectivity index (χ4n) is 4.34. The van der Waals surface area contributed by atoms with Gasteiger partial charge in [-0.1, -0.05) is 6.07 Å². The van der Waals surface area contributed by atoms with E-state index in [1.165, 1.54) is 20.5 Å². The normalized spacial score (nSPS) is 18.0. The third-order valence-electron chi connectivity index (χ3n) is 6.03. The van der Waals surface area contributed by atoms with E-state index in [0.717, 1.165) is 24.8 Å². The third kappa shape index (κ3) is 3.52. The second-order valence-electron chi connectivity index (χ2n) is 8.01. The van der Waals surface area contributed by atoms with E-state index in [1.54, 1.807) is 23.6 Å². The highest BCUT2D eigenvalue weighted by Gasteiger charge is 2.25. The Morgan fingerprint density at radius 2 is 1.97 bits per heavy atom. The van der Waals surface area contributed by atoms with Gasteiger partial charge in [-0.2, -0.15) is 0 Å². The first-order valence-corrected chi connectivity index (χ1v) is 11.3. The van der Waals surface area contributed by atoms with E-state index in [1.807, 2.05) is 17.9 Å². The summed E-state index contributed by atoms with van der Waals surface area (Å²) in [5.74, 6) is 1.15. The second-order valence-corrected chi connectivity index (χ2v) is 8.93. The number of likely N-dealkylation sites (tertiary alicyclic amines) is 1. The zero-order valence-electron chi connectivity index (χ0n) is 17.2. The number of thiophene rings is 1. The Kier molecular flexibility index (Phi) is 5.05. The van der Waals surface area contributed by atoms with Gasteiger partial charge in [0.2, 0.25) is 12.7 Å². The summed E-state index contributed by atoms with van der Waals surface area (Å²) in [4.78, 5) is 41.3. The molecule has 4 heterocycles. The van der Waals surface area contributed by atoms with Crippen molar-refractivity contribution in [2.45, 2.75) is 45.3 Å². The molecule has 1 fully saturated rings. The van der Waals surface area contributed by atoms with Crippen LogP contribution in [0.1, 0.15) is 31.7 Å². The number of rotatable bonds is 4. The highest BCUT2D eigenvalue weighted by molar-refractivity contribution is 7.17. The van der Waals surface area contributed by atoms with Crippen molar-refractivity contribution in [1.82, 2.24) is 14.0 Å². The maximum absolute atomic E-state index is 13.3. The van der Waals surface area contributed by atoms with Gasteiger partial charge in [-0.3, -0.25) is 18.7 Å². The lowest BCUT2D eigenvalue weighted by Gasteiger charge is -2.33. The topological polar surface area (TPSA) is 82.8 Å². The molecule has 1 amide bonds. The molecular formula is C22H23N3O5S. The fourth-order valence-corrected chi connectivity index (χ4v) is 5.19. The summed E-state index contributed by atoms with van der Waals surface area (Å²) < 4.78 is 13.8. The molecule has 0 N–H and O–H groups in total. The lowest BCUT2D eigenvalue weighted by Crippen LogP contribution is -2.47. The first-order valence-electron chi connectivity index (χ1n) is 10.4. The molecule has 2 aromatic heterocycles. The van der Waals surface area contributed by atoms with E-state index in [9.17, 15) is 14.4 Å². The minimum atomic E-state index is -0.480. The van der Waals surface area contributed by atoms with Gasteiger partial charge in [0, 0.05) is 12.6 Å². The van der Waals surface area contributed by atoms with Gasteiger partial charge in [0.1, 0.15) is 11.2 Å². The summed E-state index contributed by atoms with van der Waals surface area (Å²) in [7, 11) is 0. The Hall–Kier alpha value is -3.07. The number of amides is 1. The van der Waals surface area contributed by atoms with Crippen LogP contribution in [0.15, 0.2) is 39.2 Å². The van der Waals surface area contributed by atoms with Gasteiger partial charge in [-0.15, -0.1) is 11.3 Å². The number of carbonyl (C=O) groups is 1. The lowest BCUT2D eigenvalue weighted by atomic mass is 10.0. The van der Waals surface area contributed by atoms with Crippen LogP contribution in [0.5, 0.6) is 11.5 Å². The number of ether oxygens (including phenoxy) is 2. The van der Waals surface area contributed by atoms with Crippen LogP contribution >= 0.6 is 11.3 Å². The summed E-state index contributed by atoms with van der Waals surface area (Å²) in [5, 5.41) is 1.78. The van der Waals surface area contributed by atoms with E-state index in [2.05, 4.69) is 0 Å². The zero-order valence-corrected chi connectivity index (χ0v) is 18.0. The zero-order chi connectivity index (χ0) is 21.5. The van der Waals surface area contributed by atoms with Crippen LogP contribution in [0, 0.1) is 0 Å². The first kappa shape index (κ1) is 19.9. The van der Waals surface area contributed by atoms with Crippen molar-refractivity contribution in [2.75, 3.05) is 13.3 Å². The Labute approximate surface area is 182 Å². The Morgan fingerprint density at radius 3 is 2.81 bits per heavy atom. The molecule has 1 saturated heterocycles. The molecule has 0 bridgehead atoms. The number of piperidine rings is 1. The summed E-state index contributed by atoms with van der Waals surface area (Å²) in [6.07, 6.45) is 3.06. The van der Waals surface area contributed by atoms with Crippen LogP contribution in [0.4, 0.5) is 0 Å². The minimum absolute atomic E-state index is 0.0716. The molecule has 2 aliphatic heterocycles. The molecule has 8 nitrogen and oxygen atoms in total. The van der Waals surface area contributed by atoms with Gasteiger partial charge in [-0.05, 0) is 55.3 Å². The number of hydrogen-bond donors (Lipinski definition) is 0. The van der Waals surface area contributed by atoms with E-state index in [-0.39, 0.29) is 37.4 Å². The highest BCUT2D eigenvalue weighted by Crippen LogP contribution is 2.32. The summed E-state index contributed by atoms with van der Waals surface area (Å²) in [5.41, 5.74) is 0.441. The van der Waals surface area contributed by atoms with Crippen LogP contribution in [0.3, 0.4) is 0 Å². The predicted octanol–water partition coefficient (Wildman–Crippen LogP) is 2.40. The molecular weight excluding hydrogens is 418 g/mol. The summed E-state index contributed by atoms with van der Waals surface area (Å²) in [6.45, 7) is 2.93. The first-order chi connectivity index (χ1) is 15.0. The quantitative estimate of drug-likeness (QED) is 0.621. The Bertz CT molecular complexity index is 1270. The molecule has 3 aromatic rings. The van der Waals surface area contributed by atoms with Gasteiger partial charge in [0.15, 0.2) is 11.5 Å². The fraction of sp³-hybridized carbons (Fsp3) is 0.409. The van der Waals surface area contributed by atoms with Crippen LogP contribution in [-0.2, 0) is 17.9 Å². The van der Waals surface area contributed by atoms with Crippen molar-refractivity contribution in [3.05, 3.63) is 56.0 Å². The molecule has 1 aromatic carbocycles. The summed E-state index contributed by atoms with van der Waals surface area (Å²) >= 11 is 1.28. The van der Waals surface area contributed by atoms with E-state index in [0.29, 0.717) is 28.3 Å². The molecule has 5 rings (SSSR count). The van der Waals surface area contributed by atoms with E-state index in [4.69, 9.17) is 9.47 Å². The molecule has 1 atom stereocenters. The molecule has 31 heavy (non-hydrogen) atoms. The van der Waals surface area contributed by atoms with E-state index >= 15 is 0 Å². The molecule has 0 radical (unpaired) electrons. The van der Waals surface area contributed by atoms with Crippen LogP contribution in [0.2, 0.25) is 0 Å². The maximum atomic E-state index is 13.3. The number of fused-ring (bicyclic) bond motifs is 2. The molecule has 2 aliphatic rings. The number of benzene rings is 1. The molecule has 0 aliphatic carbocycles. The van der Waals surface area contributed by atoms with Crippen molar-refractivity contribution in [2.24, 2.45) is 0 Å². The monoisotopic (exact) mass is 441 g/mol. The third-order valence-corrected chi connectivity index (χ3v) is 6.92. The largest absolute Gasteiger partial charge is 0.454 e. The van der Waals surface area contributed by atoms with Gasteiger partial charge in [0.25, 0.3) is 5.56 Å². The molecule has 9 heteroatoms. The van der Waals surface area contributed by atoms with E-state index < -0.39 is 5.69 Å². The van der Waals surface area contributed by atoms with Gasteiger partial charge < -0.3 is 14.4 Å². The number of nitrogens with zero attached hydrogens (tertiary/aromatic N) is 3. The van der Waals surface area contributed by atoms with Gasteiger partial charge >= 0.3 is 5.69 Å². The van der Waals surface area contributed by atoms with Gasteiger partial charge in [-0.25, -0.2) is 4.79 Å². The SMILES string of the molecule is CC1CCCCN1C(=O)Cn1c(=O)n(Cc2ccc3c(c2)OCO3)c(=O)c2sccc21. The highest BCUT2D eigenvalue weighted by atomic mass is 32.1. The van der Waals surface area contributed by atoms with Crippen LogP contribution in [0.25, 0.3) is 10.2 Å². The minimum Gasteiger partial charge on any atom is -0.454 e. The second kappa shape index (κ2) is 7.88. The summed E-state index contributed by atoms with van der Waals surface area (Å²) in [6, 6.07) is 7.25. The number of carbonyl (C=O) groups excluding carboxylic acids is 1.